The molecular weight excluding hydrogens is 272 g/mol. The third kappa shape index (κ3) is 2.44. The summed E-state index contributed by atoms with van der Waals surface area (Å²) in [6.07, 6.45) is 2.69. The predicted molar refractivity (Wildman–Crippen MR) is 77.4 cm³/mol. The molecule has 3 N–H and O–H groups in total. The van der Waals surface area contributed by atoms with Crippen molar-refractivity contribution in [2.75, 3.05) is 5.32 Å². The normalized spacial score (nSPS) is 10.5. The highest BCUT2D eigenvalue weighted by atomic mass is 16.2. The summed E-state index contributed by atoms with van der Waals surface area (Å²) in [6.45, 7) is 0. The van der Waals surface area contributed by atoms with Crippen LogP contribution < -0.4 is 16.6 Å². The van der Waals surface area contributed by atoms with Gasteiger partial charge in [0, 0.05) is 17.8 Å². The topological polar surface area (TPSA) is 108 Å². The molecule has 1 amide bonds. The zero-order chi connectivity index (χ0) is 14.8. The number of amides is 1. The first-order valence-corrected chi connectivity index (χ1v) is 6.12. The summed E-state index contributed by atoms with van der Waals surface area (Å²) in [5.41, 5.74) is -0.478. The van der Waals surface area contributed by atoms with Crippen LogP contribution in [0.5, 0.6) is 0 Å². The lowest BCUT2D eigenvalue weighted by Gasteiger charge is -2.07. The molecule has 0 spiro atoms. The Morgan fingerprint density at radius 3 is 2.76 bits per heavy atom. The van der Waals surface area contributed by atoms with Crippen LogP contribution in [-0.2, 0) is 0 Å². The summed E-state index contributed by atoms with van der Waals surface area (Å²) < 4.78 is 0. The standard InChI is InChI=1S/C14H10N4O3/c19-12(9-7-16-14(21)18-13(9)20)17-10-5-1-3-8-4-2-6-15-11(8)10/h1-7H,(H,17,19)(H2,16,18,20,21). The molecule has 1 aromatic carbocycles. The summed E-state index contributed by atoms with van der Waals surface area (Å²) >= 11 is 0. The molecule has 0 saturated heterocycles. The third-order valence-corrected chi connectivity index (χ3v) is 2.94. The van der Waals surface area contributed by atoms with E-state index in [4.69, 9.17) is 0 Å². The number of hydrogen-bond donors (Lipinski definition) is 3. The molecule has 0 bridgehead atoms. The van der Waals surface area contributed by atoms with Crippen LogP contribution in [0.3, 0.4) is 0 Å². The van der Waals surface area contributed by atoms with Crippen LogP contribution in [-0.4, -0.2) is 20.9 Å². The summed E-state index contributed by atoms with van der Waals surface area (Å²) in [7, 11) is 0. The van der Waals surface area contributed by atoms with Crippen molar-refractivity contribution in [3.8, 4) is 0 Å². The quantitative estimate of drug-likeness (QED) is 0.648. The van der Waals surface area contributed by atoms with Crippen LogP contribution in [0.1, 0.15) is 10.4 Å². The van der Waals surface area contributed by atoms with Crippen LogP contribution in [0.2, 0.25) is 0 Å². The van der Waals surface area contributed by atoms with Crippen molar-refractivity contribution in [3.63, 3.8) is 0 Å². The number of anilines is 1. The maximum Gasteiger partial charge on any atom is 0.325 e. The summed E-state index contributed by atoms with van der Waals surface area (Å²) in [4.78, 5) is 43.1. The fraction of sp³-hybridized carbons (Fsp3) is 0. The zero-order valence-electron chi connectivity index (χ0n) is 10.7. The van der Waals surface area contributed by atoms with Gasteiger partial charge in [-0.2, -0.15) is 0 Å². The highest BCUT2D eigenvalue weighted by Gasteiger charge is 2.12. The van der Waals surface area contributed by atoms with Gasteiger partial charge in [-0.3, -0.25) is 19.6 Å². The number of para-hydroxylation sites is 1. The zero-order valence-corrected chi connectivity index (χ0v) is 10.7. The fourth-order valence-corrected chi connectivity index (χ4v) is 1.97. The van der Waals surface area contributed by atoms with Gasteiger partial charge in [0.25, 0.3) is 11.5 Å². The van der Waals surface area contributed by atoms with Crippen molar-refractivity contribution in [2.24, 2.45) is 0 Å². The molecule has 0 aliphatic rings. The molecule has 21 heavy (non-hydrogen) atoms. The van der Waals surface area contributed by atoms with Crippen molar-refractivity contribution < 1.29 is 4.79 Å². The van der Waals surface area contributed by atoms with Crippen molar-refractivity contribution in [3.05, 3.63) is 69.1 Å². The molecule has 0 unspecified atom stereocenters. The summed E-state index contributed by atoms with van der Waals surface area (Å²) in [5.74, 6) is -0.620. The molecule has 104 valence electrons. The second kappa shape index (κ2) is 5.04. The number of carbonyl (C=O) groups is 1. The van der Waals surface area contributed by atoms with E-state index in [9.17, 15) is 14.4 Å². The Morgan fingerprint density at radius 2 is 1.95 bits per heavy atom. The van der Waals surface area contributed by atoms with Crippen LogP contribution in [0.4, 0.5) is 5.69 Å². The number of pyridine rings is 1. The van der Waals surface area contributed by atoms with Crippen molar-refractivity contribution in [2.45, 2.75) is 0 Å². The van der Waals surface area contributed by atoms with Gasteiger partial charge < -0.3 is 10.3 Å². The number of carbonyl (C=O) groups excluding carboxylic acids is 1. The largest absolute Gasteiger partial charge is 0.325 e. The number of aromatic nitrogens is 3. The molecule has 3 rings (SSSR count). The average molecular weight is 282 g/mol. The predicted octanol–water partition coefficient (Wildman–Crippen LogP) is 0.864. The van der Waals surface area contributed by atoms with Gasteiger partial charge in [-0.1, -0.05) is 18.2 Å². The van der Waals surface area contributed by atoms with Gasteiger partial charge in [0.05, 0.1) is 11.2 Å². The number of benzene rings is 1. The Bertz CT molecular complexity index is 937. The number of aromatic amines is 2. The maximum atomic E-state index is 12.1. The van der Waals surface area contributed by atoms with Crippen molar-refractivity contribution in [1.82, 2.24) is 15.0 Å². The molecule has 3 aromatic rings. The van der Waals surface area contributed by atoms with Crippen LogP contribution in [0, 0.1) is 0 Å². The Morgan fingerprint density at radius 1 is 1.14 bits per heavy atom. The van der Waals surface area contributed by atoms with Gasteiger partial charge in [-0.25, -0.2) is 4.79 Å². The fourth-order valence-electron chi connectivity index (χ4n) is 1.97. The molecule has 0 atom stereocenters. The van der Waals surface area contributed by atoms with Gasteiger partial charge in [0.2, 0.25) is 0 Å². The second-order valence-electron chi connectivity index (χ2n) is 4.32. The Labute approximate surface area is 117 Å². The smallest absolute Gasteiger partial charge is 0.320 e. The number of nitrogens with zero attached hydrogens (tertiary/aromatic N) is 1. The minimum Gasteiger partial charge on any atom is -0.320 e. The van der Waals surface area contributed by atoms with Crippen molar-refractivity contribution >= 4 is 22.5 Å². The van der Waals surface area contributed by atoms with Gasteiger partial charge in [0.15, 0.2) is 0 Å². The first-order valence-electron chi connectivity index (χ1n) is 6.12. The first-order chi connectivity index (χ1) is 10.1. The highest BCUT2D eigenvalue weighted by molar-refractivity contribution is 6.07. The average Bonchev–Trinajstić information content (AvgIpc) is 2.47. The SMILES string of the molecule is O=C(Nc1cccc2cccnc12)c1c[nH]c(=O)[nH]c1=O. The van der Waals surface area contributed by atoms with Crippen molar-refractivity contribution in [1.29, 1.82) is 0 Å². The molecule has 0 saturated carbocycles. The number of hydrogen-bond acceptors (Lipinski definition) is 4. The minimum absolute atomic E-state index is 0.178. The van der Waals surface area contributed by atoms with E-state index in [1.54, 1.807) is 24.4 Å². The van der Waals surface area contributed by atoms with E-state index in [-0.39, 0.29) is 5.56 Å². The molecule has 0 radical (unpaired) electrons. The van der Waals surface area contributed by atoms with E-state index >= 15 is 0 Å². The lowest BCUT2D eigenvalue weighted by Crippen LogP contribution is -2.29. The van der Waals surface area contributed by atoms with E-state index in [1.165, 1.54) is 0 Å². The lowest BCUT2D eigenvalue weighted by atomic mass is 10.2. The van der Waals surface area contributed by atoms with Gasteiger partial charge in [-0.15, -0.1) is 0 Å². The maximum absolute atomic E-state index is 12.1. The second-order valence-corrected chi connectivity index (χ2v) is 4.32. The Kier molecular flexibility index (Phi) is 3.07. The van der Waals surface area contributed by atoms with Crippen LogP contribution in [0.25, 0.3) is 10.9 Å². The van der Waals surface area contributed by atoms with E-state index < -0.39 is 17.2 Å². The number of H-pyrrole nitrogens is 2. The van der Waals surface area contributed by atoms with Gasteiger partial charge in [0.1, 0.15) is 5.56 Å². The summed E-state index contributed by atoms with van der Waals surface area (Å²) in [5, 5.41) is 3.48. The number of nitrogens with one attached hydrogen (secondary N) is 3. The van der Waals surface area contributed by atoms with E-state index in [0.29, 0.717) is 11.2 Å². The van der Waals surface area contributed by atoms with Gasteiger partial charge >= 0.3 is 5.69 Å². The first kappa shape index (κ1) is 12.8. The number of fused-ring (bicyclic) bond motifs is 1. The molecular formula is C14H10N4O3. The van der Waals surface area contributed by atoms with Crippen LogP contribution >= 0.6 is 0 Å². The minimum atomic E-state index is -0.746. The lowest BCUT2D eigenvalue weighted by molar-refractivity contribution is 0.102. The van der Waals surface area contributed by atoms with E-state index in [0.717, 1.165) is 11.6 Å². The molecule has 0 fully saturated rings. The highest BCUT2D eigenvalue weighted by Crippen LogP contribution is 2.20. The van der Waals surface area contributed by atoms with Crippen LogP contribution in [0.15, 0.2) is 52.3 Å². The monoisotopic (exact) mass is 282 g/mol. The molecule has 0 aliphatic heterocycles. The summed E-state index contributed by atoms with van der Waals surface area (Å²) in [6, 6.07) is 8.99. The third-order valence-electron chi connectivity index (χ3n) is 2.94. The number of rotatable bonds is 2. The van der Waals surface area contributed by atoms with E-state index in [2.05, 4.69) is 15.3 Å². The molecule has 2 aromatic heterocycles. The Hall–Kier alpha value is -3.22. The molecule has 7 nitrogen and oxygen atoms in total. The Balaban J connectivity index is 2.00. The van der Waals surface area contributed by atoms with E-state index in [1.807, 2.05) is 17.1 Å². The molecule has 0 aliphatic carbocycles. The molecule has 7 heteroatoms. The molecule has 2 heterocycles. The van der Waals surface area contributed by atoms with Gasteiger partial charge in [-0.05, 0) is 12.1 Å².